The van der Waals surface area contributed by atoms with Crippen LogP contribution in [0.25, 0.3) is 0 Å². The maximum Gasteiger partial charge on any atom is 0.339 e. The minimum Gasteiger partial charge on any atom is -0.489 e. The monoisotopic (exact) mass is 376 g/mol. The smallest absolute Gasteiger partial charge is 0.339 e. The predicted octanol–water partition coefficient (Wildman–Crippen LogP) is 2.18. The lowest BCUT2D eigenvalue weighted by atomic mass is 10.2. The number of amides is 1. The van der Waals surface area contributed by atoms with Gasteiger partial charge in [-0.25, -0.2) is 4.79 Å². The Balaban J connectivity index is 1.93. The van der Waals surface area contributed by atoms with Crippen LogP contribution in [0.4, 0.5) is 0 Å². The van der Waals surface area contributed by atoms with Crippen LogP contribution in [-0.4, -0.2) is 43.4 Å². The number of carbonyl (C=O) groups is 2. The van der Waals surface area contributed by atoms with Gasteiger partial charge in [-0.1, -0.05) is 11.2 Å². The third kappa shape index (κ3) is 5.82. The van der Waals surface area contributed by atoms with Gasteiger partial charge in [0.25, 0.3) is 5.91 Å². The third-order valence-corrected chi connectivity index (χ3v) is 3.89. The van der Waals surface area contributed by atoms with Crippen molar-refractivity contribution in [3.05, 3.63) is 46.8 Å². The van der Waals surface area contributed by atoms with Crippen LogP contribution in [0.3, 0.4) is 0 Å². The summed E-state index contributed by atoms with van der Waals surface area (Å²) in [6.07, 6.45) is -0.916. The van der Waals surface area contributed by atoms with Gasteiger partial charge in [-0.3, -0.25) is 4.79 Å². The van der Waals surface area contributed by atoms with Crippen molar-refractivity contribution in [3.8, 4) is 5.75 Å². The second-order valence-corrected chi connectivity index (χ2v) is 5.95. The summed E-state index contributed by atoms with van der Waals surface area (Å²) >= 11 is 0. The first kappa shape index (κ1) is 20.4. The van der Waals surface area contributed by atoms with Crippen LogP contribution in [0.15, 0.2) is 28.8 Å². The van der Waals surface area contributed by atoms with Gasteiger partial charge < -0.3 is 24.1 Å². The largest absolute Gasteiger partial charge is 0.489 e. The number of aryl methyl sites for hydroxylation is 2. The lowest BCUT2D eigenvalue weighted by molar-refractivity contribution is -0.129. The second kappa shape index (κ2) is 9.72. The lowest BCUT2D eigenvalue weighted by Crippen LogP contribution is -2.37. The Labute approximate surface area is 157 Å². The highest BCUT2D eigenvalue weighted by Gasteiger charge is 2.19. The molecule has 27 heavy (non-hydrogen) atoms. The van der Waals surface area contributed by atoms with E-state index in [1.54, 1.807) is 24.3 Å². The zero-order valence-electron chi connectivity index (χ0n) is 15.9. The molecular weight excluding hydrogens is 352 g/mol. The number of hydrogen-bond donors (Lipinski definition) is 1. The Bertz CT molecular complexity index is 767. The van der Waals surface area contributed by atoms with Crippen LogP contribution in [0.2, 0.25) is 0 Å². The zero-order chi connectivity index (χ0) is 19.8. The Kier molecular flexibility index (Phi) is 7.36. The standard InChI is InChI=1S/C19H24N2O6/c1-12-17(13(2)27-21-12)11-25-16-7-5-6-15(10-16)19(23)26-14(3)18(22)20-8-9-24-4/h5-7,10,14H,8-9,11H2,1-4H3,(H,20,22)/t14-/m1/s1. The van der Waals surface area contributed by atoms with Gasteiger partial charge in [0.1, 0.15) is 18.1 Å². The minimum atomic E-state index is -0.916. The van der Waals surface area contributed by atoms with Crippen LogP contribution in [0.5, 0.6) is 5.75 Å². The van der Waals surface area contributed by atoms with E-state index in [0.29, 0.717) is 30.2 Å². The fourth-order valence-corrected chi connectivity index (χ4v) is 2.28. The molecule has 0 spiro atoms. The topological polar surface area (TPSA) is 99.9 Å². The van der Waals surface area contributed by atoms with E-state index in [1.807, 2.05) is 13.8 Å². The molecule has 0 aliphatic rings. The van der Waals surface area contributed by atoms with E-state index in [9.17, 15) is 9.59 Å². The molecule has 146 valence electrons. The number of nitrogens with zero attached hydrogens (tertiary/aromatic N) is 1. The molecule has 0 aliphatic carbocycles. The van der Waals surface area contributed by atoms with E-state index in [1.165, 1.54) is 14.0 Å². The van der Waals surface area contributed by atoms with Gasteiger partial charge in [0.2, 0.25) is 0 Å². The summed E-state index contributed by atoms with van der Waals surface area (Å²) in [5.74, 6) is 0.205. The Morgan fingerprint density at radius 3 is 2.74 bits per heavy atom. The highest BCUT2D eigenvalue weighted by atomic mass is 16.5. The summed E-state index contributed by atoms with van der Waals surface area (Å²) in [5, 5.41) is 6.49. The van der Waals surface area contributed by atoms with Gasteiger partial charge in [0.15, 0.2) is 6.10 Å². The fourth-order valence-electron chi connectivity index (χ4n) is 2.28. The van der Waals surface area contributed by atoms with E-state index in [-0.39, 0.29) is 12.5 Å². The molecule has 2 aromatic rings. The predicted molar refractivity (Wildman–Crippen MR) is 96.5 cm³/mol. The summed E-state index contributed by atoms with van der Waals surface area (Å²) in [5.41, 5.74) is 1.92. The average molecular weight is 376 g/mol. The normalized spacial score (nSPS) is 11.7. The summed E-state index contributed by atoms with van der Waals surface area (Å²) in [4.78, 5) is 24.1. The molecule has 0 saturated carbocycles. The quantitative estimate of drug-likeness (QED) is 0.529. The Morgan fingerprint density at radius 2 is 2.07 bits per heavy atom. The van der Waals surface area contributed by atoms with Crippen LogP contribution < -0.4 is 10.1 Å². The van der Waals surface area contributed by atoms with Gasteiger partial charge in [-0.2, -0.15) is 0 Å². The minimum absolute atomic E-state index is 0.276. The third-order valence-electron chi connectivity index (χ3n) is 3.89. The van der Waals surface area contributed by atoms with Gasteiger partial charge in [0, 0.05) is 13.7 Å². The number of esters is 1. The number of rotatable bonds is 9. The van der Waals surface area contributed by atoms with Crippen LogP contribution in [0, 0.1) is 13.8 Å². The Morgan fingerprint density at radius 1 is 1.30 bits per heavy atom. The first-order valence-corrected chi connectivity index (χ1v) is 8.54. The van der Waals surface area contributed by atoms with E-state index < -0.39 is 12.1 Å². The maximum atomic E-state index is 12.3. The van der Waals surface area contributed by atoms with E-state index in [4.69, 9.17) is 18.7 Å². The van der Waals surface area contributed by atoms with Crippen molar-refractivity contribution in [2.75, 3.05) is 20.3 Å². The zero-order valence-corrected chi connectivity index (χ0v) is 15.9. The number of aromatic nitrogens is 1. The number of ether oxygens (including phenoxy) is 3. The number of benzene rings is 1. The van der Waals surface area contributed by atoms with Crippen LogP contribution >= 0.6 is 0 Å². The summed E-state index contributed by atoms with van der Waals surface area (Å²) in [6, 6.07) is 6.58. The highest BCUT2D eigenvalue weighted by molar-refractivity contribution is 5.92. The molecule has 0 unspecified atom stereocenters. The molecule has 1 amide bonds. The molecule has 0 aliphatic heterocycles. The van der Waals surface area contributed by atoms with Gasteiger partial charge >= 0.3 is 5.97 Å². The first-order chi connectivity index (χ1) is 12.9. The average Bonchev–Trinajstić information content (AvgIpc) is 2.98. The summed E-state index contributed by atoms with van der Waals surface area (Å²) in [6.45, 7) is 6.17. The molecule has 0 fully saturated rings. The van der Waals surface area contributed by atoms with E-state index in [2.05, 4.69) is 10.5 Å². The van der Waals surface area contributed by atoms with Crippen molar-refractivity contribution in [1.82, 2.24) is 10.5 Å². The van der Waals surface area contributed by atoms with E-state index in [0.717, 1.165) is 11.3 Å². The van der Waals surface area contributed by atoms with Crippen molar-refractivity contribution in [2.45, 2.75) is 33.5 Å². The maximum absolute atomic E-state index is 12.3. The lowest BCUT2D eigenvalue weighted by Gasteiger charge is -2.14. The van der Waals surface area contributed by atoms with Gasteiger partial charge in [0.05, 0.1) is 23.4 Å². The molecule has 8 heteroatoms. The first-order valence-electron chi connectivity index (χ1n) is 8.54. The number of nitrogens with one attached hydrogen (secondary N) is 1. The molecule has 1 N–H and O–H groups in total. The Hall–Kier alpha value is -2.87. The molecular formula is C19H24N2O6. The van der Waals surface area contributed by atoms with Crippen molar-refractivity contribution in [3.63, 3.8) is 0 Å². The van der Waals surface area contributed by atoms with Crippen molar-refractivity contribution in [1.29, 1.82) is 0 Å². The van der Waals surface area contributed by atoms with Crippen LogP contribution in [0.1, 0.15) is 34.3 Å². The van der Waals surface area contributed by atoms with Crippen molar-refractivity contribution < 1.29 is 28.3 Å². The molecule has 8 nitrogen and oxygen atoms in total. The number of hydrogen-bond acceptors (Lipinski definition) is 7. The summed E-state index contributed by atoms with van der Waals surface area (Å²) < 4.78 is 20.9. The van der Waals surface area contributed by atoms with Gasteiger partial charge in [-0.05, 0) is 39.0 Å². The second-order valence-electron chi connectivity index (χ2n) is 5.95. The van der Waals surface area contributed by atoms with Crippen molar-refractivity contribution in [2.24, 2.45) is 0 Å². The molecule has 1 aromatic heterocycles. The van der Waals surface area contributed by atoms with E-state index >= 15 is 0 Å². The SMILES string of the molecule is COCCNC(=O)[C@@H](C)OC(=O)c1cccc(OCc2c(C)noc2C)c1. The fraction of sp³-hybridized carbons (Fsp3) is 0.421. The molecule has 0 radical (unpaired) electrons. The van der Waals surface area contributed by atoms with Crippen LogP contribution in [-0.2, 0) is 20.9 Å². The molecule has 0 saturated heterocycles. The molecule has 2 rings (SSSR count). The number of carbonyl (C=O) groups excluding carboxylic acids is 2. The number of methoxy groups -OCH3 is 1. The molecule has 1 heterocycles. The van der Waals surface area contributed by atoms with Gasteiger partial charge in [-0.15, -0.1) is 0 Å². The van der Waals surface area contributed by atoms with Crippen molar-refractivity contribution >= 4 is 11.9 Å². The molecule has 1 atom stereocenters. The summed E-state index contributed by atoms with van der Waals surface area (Å²) in [7, 11) is 1.54. The molecule has 0 bridgehead atoms. The highest BCUT2D eigenvalue weighted by Crippen LogP contribution is 2.19. The molecule has 1 aromatic carbocycles.